The van der Waals surface area contributed by atoms with Gasteiger partial charge in [0.15, 0.2) is 9.84 Å². The second-order valence-corrected chi connectivity index (χ2v) is 6.84. The first-order valence-electron chi connectivity index (χ1n) is 6.62. The van der Waals surface area contributed by atoms with Crippen molar-refractivity contribution in [2.24, 2.45) is 0 Å². The molecular weight excluding hydrogens is 258 g/mol. The van der Waals surface area contributed by atoms with Gasteiger partial charge in [-0.25, -0.2) is 8.42 Å². The summed E-state index contributed by atoms with van der Waals surface area (Å²) >= 11 is 0. The van der Waals surface area contributed by atoms with E-state index in [0.29, 0.717) is 17.0 Å². The maximum atomic E-state index is 12.2. The van der Waals surface area contributed by atoms with Crippen LogP contribution in [-0.2, 0) is 9.84 Å². The zero-order valence-corrected chi connectivity index (χ0v) is 12.6. The van der Waals surface area contributed by atoms with E-state index in [1.165, 1.54) is 0 Å². The lowest BCUT2D eigenvalue weighted by atomic mass is 10.2. The average Bonchev–Trinajstić information content (AvgIpc) is 2.34. The van der Waals surface area contributed by atoms with Crippen LogP contribution in [0.1, 0.15) is 25.3 Å². The summed E-state index contributed by atoms with van der Waals surface area (Å²) in [6.45, 7) is 9.36. The monoisotopic (exact) mass is 281 g/mol. The molecule has 0 heterocycles. The van der Waals surface area contributed by atoms with Crippen LogP contribution in [0.2, 0.25) is 0 Å². The van der Waals surface area contributed by atoms with Crippen LogP contribution in [0.15, 0.2) is 41.3 Å². The average molecular weight is 281 g/mol. The minimum atomic E-state index is -3.26. The Balaban J connectivity index is 2.55. The Morgan fingerprint density at radius 3 is 2.47 bits per heavy atom. The van der Waals surface area contributed by atoms with Crippen molar-refractivity contribution in [3.8, 4) is 0 Å². The summed E-state index contributed by atoms with van der Waals surface area (Å²) in [6.07, 6.45) is 2.22. The van der Waals surface area contributed by atoms with Gasteiger partial charge in [-0.3, -0.25) is 0 Å². The molecule has 0 atom stereocenters. The molecular formula is C15H23NO2S. The predicted molar refractivity (Wildman–Crippen MR) is 80.1 cm³/mol. The number of hydrogen-bond donors (Lipinski definition) is 1. The lowest BCUT2D eigenvalue weighted by Crippen LogP contribution is -2.21. The molecule has 0 aliphatic heterocycles. The van der Waals surface area contributed by atoms with Gasteiger partial charge < -0.3 is 5.32 Å². The molecule has 0 fully saturated rings. The number of sulfone groups is 1. The third-order valence-electron chi connectivity index (χ3n) is 2.86. The molecule has 0 spiro atoms. The summed E-state index contributed by atoms with van der Waals surface area (Å²) < 4.78 is 24.3. The van der Waals surface area contributed by atoms with E-state index in [2.05, 4.69) is 18.8 Å². The molecule has 0 aliphatic rings. The first-order valence-corrected chi connectivity index (χ1v) is 8.27. The third-order valence-corrected chi connectivity index (χ3v) is 4.64. The number of hydrogen-bond acceptors (Lipinski definition) is 3. The van der Waals surface area contributed by atoms with Crippen molar-refractivity contribution in [2.75, 3.05) is 18.8 Å². The molecule has 0 amide bonds. The number of aryl methyl sites for hydroxylation is 1. The van der Waals surface area contributed by atoms with Crippen LogP contribution < -0.4 is 5.32 Å². The van der Waals surface area contributed by atoms with Gasteiger partial charge in [0, 0.05) is 6.54 Å². The first kappa shape index (κ1) is 15.9. The van der Waals surface area contributed by atoms with Gasteiger partial charge in [-0.1, -0.05) is 37.6 Å². The topological polar surface area (TPSA) is 46.2 Å². The van der Waals surface area contributed by atoms with Crippen molar-refractivity contribution in [2.45, 2.75) is 31.6 Å². The molecule has 4 heteroatoms. The Kier molecular flexibility index (Phi) is 6.25. The molecule has 0 saturated heterocycles. The van der Waals surface area contributed by atoms with E-state index in [4.69, 9.17) is 0 Å². The maximum Gasteiger partial charge on any atom is 0.182 e. The van der Waals surface area contributed by atoms with Crippen molar-refractivity contribution < 1.29 is 8.42 Å². The van der Waals surface area contributed by atoms with E-state index in [-0.39, 0.29) is 5.75 Å². The number of nitrogens with one attached hydrogen (secondary N) is 1. The molecule has 1 rings (SSSR count). The minimum absolute atomic E-state index is 0.00911. The van der Waals surface area contributed by atoms with Gasteiger partial charge in [0.05, 0.1) is 10.6 Å². The molecule has 1 aromatic carbocycles. The molecule has 1 N–H and O–H groups in total. The van der Waals surface area contributed by atoms with Crippen molar-refractivity contribution in [1.82, 2.24) is 5.32 Å². The lowest BCUT2D eigenvalue weighted by Gasteiger charge is -2.09. The fraction of sp³-hybridized carbons (Fsp3) is 0.467. The Labute approximate surface area is 116 Å². The first-order chi connectivity index (χ1) is 8.95. The SMILES string of the molecule is C=C(CNCCCC)CS(=O)(=O)c1ccc(C)cc1. The van der Waals surface area contributed by atoms with Crippen LogP contribution in [0.4, 0.5) is 0 Å². The van der Waals surface area contributed by atoms with Gasteiger partial charge in [0.2, 0.25) is 0 Å². The van der Waals surface area contributed by atoms with Crippen LogP contribution >= 0.6 is 0 Å². The molecule has 1 aromatic rings. The van der Waals surface area contributed by atoms with E-state index >= 15 is 0 Å². The zero-order chi connectivity index (χ0) is 14.3. The quantitative estimate of drug-likeness (QED) is 0.588. The summed E-state index contributed by atoms with van der Waals surface area (Å²) in [5.74, 6) is 0.00911. The van der Waals surface area contributed by atoms with Crippen LogP contribution in [0.25, 0.3) is 0 Å². The standard InChI is InChI=1S/C15H23NO2S/c1-4-5-10-16-11-14(3)12-19(17,18)15-8-6-13(2)7-9-15/h6-9,16H,3-5,10-12H2,1-2H3. The van der Waals surface area contributed by atoms with Crippen LogP contribution in [0, 0.1) is 6.92 Å². The smallest absolute Gasteiger partial charge is 0.182 e. The summed E-state index contributed by atoms with van der Waals surface area (Å²) in [7, 11) is -3.26. The van der Waals surface area contributed by atoms with Crippen molar-refractivity contribution in [3.63, 3.8) is 0 Å². The fourth-order valence-corrected chi connectivity index (χ4v) is 3.07. The highest BCUT2D eigenvalue weighted by Gasteiger charge is 2.15. The largest absolute Gasteiger partial charge is 0.313 e. The Morgan fingerprint density at radius 1 is 1.26 bits per heavy atom. The number of unbranched alkanes of at least 4 members (excludes halogenated alkanes) is 1. The van der Waals surface area contributed by atoms with Crippen LogP contribution in [-0.4, -0.2) is 27.3 Å². The van der Waals surface area contributed by atoms with E-state index in [1.54, 1.807) is 12.1 Å². The van der Waals surface area contributed by atoms with Gasteiger partial charge in [0.1, 0.15) is 0 Å². The zero-order valence-electron chi connectivity index (χ0n) is 11.8. The van der Waals surface area contributed by atoms with Crippen molar-refractivity contribution >= 4 is 9.84 Å². The lowest BCUT2D eigenvalue weighted by molar-refractivity contribution is 0.596. The Morgan fingerprint density at radius 2 is 1.89 bits per heavy atom. The van der Waals surface area contributed by atoms with Crippen molar-refractivity contribution in [1.29, 1.82) is 0 Å². The van der Waals surface area contributed by atoms with Crippen LogP contribution in [0.3, 0.4) is 0 Å². The molecule has 19 heavy (non-hydrogen) atoms. The summed E-state index contributed by atoms with van der Waals surface area (Å²) in [5, 5.41) is 3.21. The van der Waals surface area contributed by atoms with E-state index in [1.807, 2.05) is 19.1 Å². The molecule has 0 aliphatic carbocycles. The molecule has 0 radical (unpaired) electrons. The highest BCUT2D eigenvalue weighted by molar-refractivity contribution is 7.91. The highest BCUT2D eigenvalue weighted by atomic mass is 32.2. The maximum absolute atomic E-state index is 12.2. The number of benzene rings is 1. The van der Waals surface area contributed by atoms with Crippen LogP contribution in [0.5, 0.6) is 0 Å². The molecule has 3 nitrogen and oxygen atoms in total. The van der Waals surface area contributed by atoms with E-state index in [0.717, 1.165) is 24.9 Å². The minimum Gasteiger partial charge on any atom is -0.313 e. The Bertz CT molecular complexity index is 503. The molecule has 106 valence electrons. The third kappa shape index (κ3) is 5.57. The summed E-state index contributed by atoms with van der Waals surface area (Å²) in [6, 6.07) is 6.94. The number of rotatable bonds is 8. The fourth-order valence-electron chi connectivity index (χ4n) is 1.72. The second-order valence-electron chi connectivity index (χ2n) is 4.85. The van der Waals surface area contributed by atoms with Gasteiger partial charge in [-0.2, -0.15) is 0 Å². The van der Waals surface area contributed by atoms with Crippen molar-refractivity contribution in [3.05, 3.63) is 42.0 Å². The van der Waals surface area contributed by atoms with Gasteiger partial charge in [-0.05, 0) is 37.6 Å². The molecule has 0 bridgehead atoms. The molecule has 0 aromatic heterocycles. The van der Waals surface area contributed by atoms with Gasteiger partial charge >= 0.3 is 0 Å². The predicted octanol–water partition coefficient (Wildman–Crippen LogP) is 2.71. The van der Waals surface area contributed by atoms with E-state index < -0.39 is 9.84 Å². The van der Waals surface area contributed by atoms with Gasteiger partial charge in [-0.15, -0.1) is 0 Å². The molecule has 0 saturated carbocycles. The summed E-state index contributed by atoms with van der Waals surface area (Å²) in [4.78, 5) is 0.368. The molecule has 0 unspecified atom stereocenters. The van der Waals surface area contributed by atoms with Gasteiger partial charge in [0.25, 0.3) is 0 Å². The second kappa shape index (κ2) is 7.46. The van der Waals surface area contributed by atoms with E-state index in [9.17, 15) is 8.42 Å². The Hall–Kier alpha value is -1.13. The normalized spacial score (nSPS) is 11.5. The highest BCUT2D eigenvalue weighted by Crippen LogP contribution is 2.14. The summed E-state index contributed by atoms with van der Waals surface area (Å²) in [5.41, 5.74) is 1.76.